The van der Waals surface area contributed by atoms with Gasteiger partial charge >= 0.3 is 13.6 Å². The second-order valence-electron chi connectivity index (χ2n) is 25.0. The first-order chi connectivity index (χ1) is 40.4. The number of amides is 3. The minimum atomic E-state index is -3.52. The van der Waals surface area contributed by atoms with Gasteiger partial charge in [0.25, 0.3) is 11.8 Å². The smallest absolute Gasteiger partial charge is 0.414 e. The lowest BCUT2D eigenvalue weighted by Gasteiger charge is -2.34. The Morgan fingerprint density at radius 3 is 1.33 bits per heavy atom. The fraction of sp³-hybridized carbons (Fsp3) is 0.667. The number of aliphatic imine (C=N–C) groups is 2. The Morgan fingerprint density at radius 1 is 0.709 bits per heavy atom. The van der Waals surface area contributed by atoms with Gasteiger partial charge in [-0.05, 0) is 237 Å². The number of piperidine rings is 2. The molecule has 2 aromatic rings. The second-order valence-corrected chi connectivity index (χ2v) is 29.1. The molecule has 23 heteroatoms. The van der Waals surface area contributed by atoms with E-state index >= 15 is 0 Å². The number of nitrogens with zero attached hydrogens (tertiary/aromatic N) is 5. The number of aryl methyl sites for hydroxylation is 4. The van der Waals surface area contributed by atoms with Gasteiger partial charge in [0.1, 0.15) is 28.4 Å². The van der Waals surface area contributed by atoms with E-state index in [1.165, 1.54) is 31.5 Å². The number of carbonyl (C=O) groups is 3. The molecule has 0 bridgehead atoms. The van der Waals surface area contributed by atoms with E-state index in [9.17, 15) is 35.5 Å². The summed E-state index contributed by atoms with van der Waals surface area (Å²) in [5, 5.41) is 16.9. The van der Waals surface area contributed by atoms with Gasteiger partial charge in [-0.3, -0.25) is 24.5 Å². The molecular formula is C63H99BF3N8O9S2. The molecule has 3 amide bonds. The van der Waals surface area contributed by atoms with Crippen molar-refractivity contribution in [2.45, 2.75) is 203 Å². The highest BCUT2D eigenvalue weighted by Gasteiger charge is 2.50. The van der Waals surface area contributed by atoms with E-state index in [4.69, 9.17) is 29.0 Å². The topological polar surface area (TPSA) is 219 Å². The first-order valence-electron chi connectivity index (χ1n) is 30.5. The number of benzene rings is 2. The molecule has 4 aliphatic heterocycles. The van der Waals surface area contributed by atoms with Crippen LogP contribution in [0.1, 0.15) is 173 Å². The zero-order valence-electron chi connectivity index (χ0n) is 54.0. The lowest BCUT2D eigenvalue weighted by Crippen LogP contribution is -2.51. The monoisotopic (exact) mass is 1240 g/mol. The maximum absolute atomic E-state index is 13.4. The Morgan fingerprint density at radius 2 is 1.03 bits per heavy atom. The molecule has 17 nitrogen and oxygen atoms in total. The van der Waals surface area contributed by atoms with Gasteiger partial charge in [-0.2, -0.15) is 0 Å². The number of sulfonamides is 2. The number of aliphatic hydroxyl groups excluding tert-OH is 1. The van der Waals surface area contributed by atoms with Gasteiger partial charge in [0.2, 0.25) is 20.0 Å². The lowest BCUT2D eigenvalue weighted by molar-refractivity contribution is -0.125. The van der Waals surface area contributed by atoms with Gasteiger partial charge in [-0.25, -0.2) is 30.2 Å². The molecule has 0 unspecified atom stereocenters. The number of rotatable bonds is 13. The fourth-order valence-corrected chi connectivity index (χ4v) is 15.1. The zero-order chi connectivity index (χ0) is 64.5. The molecule has 2 aromatic carbocycles. The Bertz CT molecular complexity index is 2960. The van der Waals surface area contributed by atoms with E-state index in [2.05, 4.69) is 55.8 Å². The molecule has 2 aliphatic carbocycles. The SMILES string of the molecule is CC(C)=C1CCC(C2=NC3(CCN(S(=O)(=O)CCc4c(C)cc(N(C)C(=O)OC(C)(C)C)cc4C)CC3)C(=O)N2)CC1.CCO.CC[B]F.CNc1cc(C)c(CCS(=O)(=O)N2CCC3(CC2)N=C(C2CCC(=C(C)C)CC2)NC3=O)c(C)c1.FF. The molecule has 4 N–H and O–H groups in total. The summed E-state index contributed by atoms with van der Waals surface area (Å²) in [5.74, 6) is 2.13. The molecule has 2 spiro atoms. The van der Waals surface area contributed by atoms with Gasteiger partial charge in [0, 0.05) is 79.2 Å². The number of carbonyl (C=O) groups excluding carboxylic acids is 3. The summed E-state index contributed by atoms with van der Waals surface area (Å²) in [7, 11) is -2.76. The molecular weight excluding hydrogens is 1140 g/mol. The summed E-state index contributed by atoms with van der Waals surface area (Å²) in [5.41, 5.74) is 11.5. The maximum atomic E-state index is 13.4. The van der Waals surface area contributed by atoms with Crippen LogP contribution in [-0.2, 0) is 47.2 Å². The molecule has 1 radical (unpaired) electrons. The average Bonchev–Trinajstić information content (AvgIpc) is 1.75. The average molecular weight is 1240 g/mol. The predicted molar refractivity (Wildman–Crippen MR) is 342 cm³/mol. The summed E-state index contributed by atoms with van der Waals surface area (Å²) in [6, 6.07) is 7.90. The Balaban J connectivity index is 0.000000328. The summed E-state index contributed by atoms with van der Waals surface area (Å²) in [4.78, 5) is 49.9. The zero-order valence-corrected chi connectivity index (χ0v) is 55.6. The Hall–Kier alpha value is -5.10. The van der Waals surface area contributed by atoms with Crippen LogP contribution in [0, 0.1) is 39.5 Å². The molecule has 4 fully saturated rings. The number of nitrogens with one attached hydrogen (secondary N) is 3. The number of allylic oxidation sites excluding steroid dienone is 4. The van der Waals surface area contributed by atoms with Crippen molar-refractivity contribution in [3.05, 3.63) is 79.9 Å². The van der Waals surface area contributed by atoms with Crippen LogP contribution in [0.5, 0.6) is 0 Å². The Labute approximate surface area is 513 Å². The van der Waals surface area contributed by atoms with Crippen molar-refractivity contribution in [1.29, 1.82) is 0 Å². The number of aliphatic hydroxyl groups is 1. The number of hydrogen-bond donors (Lipinski definition) is 4. The third-order valence-electron chi connectivity index (χ3n) is 17.3. The Kier molecular flexibility index (Phi) is 27.6. The standard InChI is InChI=1S/C32H48N4O5S.C27H40N4O3S.C2H5BF.C2H6O.F2/c1-21(2)24-9-11-25(12-10-24)28-33-29(37)32(34-28)14-16-36(17-15-32)42(39,40)18-13-27-22(3)19-26(20-23(27)4)35(8)30(38)41-31(5,6)7;1-18(2)21-6-8-22(9-7-21)25-29-26(32)27(30-25)11-13-31(14-12-27)35(33,34)15-10-24-19(3)16-23(28-5)17-20(24)4;1-2-3-4;1-2-3;1-2/h19-20,25H,9-18H2,1-8H3,(H,33,34,37);16-17,22,28H,6-15H2,1-5H3,(H,29,30,32);2H2,1H3;3H,2H2,1H3;. The van der Waals surface area contributed by atoms with Gasteiger partial charge in [-0.15, -0.1) is 0 Å². The quantitative estimate of drug-likeness (QED) is 0.110. The summed E-state index contributed by atoms with van der Waals surface area (Å²) < 4.78 is 88.2. The van der Waals surface area contributed by atoms with Crippen LogP contribution in [0.15, 0.2) is 56.5 Å². The van der Waals surface area contributed by atoms with Crippen molar-refractivity contribution in [3.8, 4) is 0 Å². The van der Waals surface area contributed by atoms with E-state index in [1.54, 1.807) is 25.2 Å². The van der Waals surface area contributed by atoms with Crippen molar-refractivity contribution in [1.82, 2.24) is 19.2 Å². The van der Waals surface area contributed by atoms with Crippen molar-refractivity contribution < 1.29 is 54.5 Å². The molecule has 481 valence electrons. The number of hydrogen-bond acceptors (Lipinski definition) is 12. The van der Waals surface area contributed by atoms with Crippen LogP contribution in [0.2, 0.25) is 6.32 Å². The highest BCUT2D eigenvalue weighted by molar-refractivity contribution is 7.89. The van der Waals surface area contributed by atoms with Gasteiger partial charge in [0.05, 0.1) is 11.5 Å². The van der Waals surface area contributed by atoms with Gasteiger partial charge < -0.3 is 30.1 Å². The van der Waals surface area contributed by atoms with Crippen LogP contribution in [0.3, 0.4) is 0 Å². The number of ether oxygens (including phenoxy) is 1. The van der Waals surface area contributed by atoms with Crippen LogP contribution in [-0.4, -0.2) is 143 Å². The largest absolute Gasteiger partial charge is 0.443 e. The minimum absolute atomic E-state index is 0.0155. The maximum Gasteiger partial charge on any atom is 0.414 e. The van der Waals surface area contributed by atoms with E-state index < -0.39 is 42.8 Å². The highest BCUT2D eigenvalue weighted by atomic mass is 32.2. The number of anilines is 2. The summed E-state index contributed by atoms with van der Waals surface area (Å²) in [6.45, 7) is 27.0. The molecule has 8 rings (SSSR count). The summed E-state index contributed by atoms with van der Waals surface area (Å²) in [6.07, 6.45) is 10.9. The second kappa shape index (κ2) is 32.4. The van der Waals surface area contributed by atoms with Gasteiger partial charge in [-0.1, -0.05) is 29.2 Å². The molecule has 0 aromatic heterocycles. The first-order valence-corrected chi connectivity index (χ1v) is 33.7. The van der Waals surface area contributed by atoms with E-state index in [0.717, 1.165) is 102 Å². The predicted octanol–water partition coefficient (Wildman–Crippen LogP) is 11.4. The highest BCUT2D eigenvalue weighted by Crippen LogP contribution is 2.39. The van der Waals surface area contributed by atoms with Crippen LogP contribution < -0.4 is 20.9 Å². The molecule has 2 saturated carbocycles. The normalized spacial score (nSPS) is 20.2. The van der Waals surface area contributed by atoms with Crippen molar-refractivity contribution in [3.63, 3.8) is 0 Å². The van der Waals surface area contributed by atoms with E-state index in [1.807, 2.05) is 67.6 Å². The molecule has 4 heterocycles. The molecule has 86 heavy (non-hydrogen) atoms. The third-order valence-corrected chi connectivity index (χ3v) is 21.1. The molecule has 0 atom stereocenters. The molecule has 6 aliphatic rings. The molecule has 2 saturated heterocycles. The van der Waals surface area contributed by atoms with Crippen molar-refractivity contribution >= 4 is 68.6 Å². The number of halogens is 3. The van der Waals surface area contributed by atoms with Gasteiger partial charge in [0.15, 0.2) is 0 Å². The fourth-order valence-electron chi connectivity index (χ4n) is 12.1. The third kappa shape index (κ3) is 19.5. The summed E-state index contributed by atoms with van der Waals surface area (Å²) >= 11 is 0. The van der Waals surface area contributed by atoms with Crippen molar-refractivity contribution in [2.24, 2.45) is 21.8 Å². The van der Waals surface area contributed by atoms with Crippen molar-refractivity contribution in [2.75, 3.05) is 68.6 Å². The van der Waals surface area contributed by atoms with Crippen LogP contribution in [0.25, 0.3) is 0 Å². The van der Waals surface area contributed by atoms with E-state index in [-0.39, 0.29) is 48.9 Å². The van der Waals surface area contributed by atoms with Crippen LogP contribution in [0.4, 0.5) is 29.6 Å². The van der Waals surface area contributed by atoms with E-state index in [0.29, 0.717) is 77.1 Å². The first kappa shape index (κ1) is 73.4. The van der Waals surface area contributed by atoms with Crippen LogP contribution >= 0.6 is 0 Å². The lowest BCUT2D eigenvalue weighted by atomic mass is 9.83. The minimum Gasteiger partial charge on any atom is -0.443 e. The number of amidine groups is 2.